The fourth-order valence-corrected chi connectivity index (χ4v) is 24.9. The van der Waals surface area contributed by atoms with Gasteiger partial charge in [0.1, 0.15) is 39.2 Å². The van der Waals surface area contributed by atoms with Crippen molar-refractivity contribution in [3.05, 3.63) is 473 Å². The predicted molar refractivity (Wildman–Crippen MR) is 607 cm³/mol. The number of aromatic nitrogens is 7. The SMILES string of the molecule is c1ccc(-c2nc(-n3c4cc5oc6ccccc6c5c5c4c4c6c(cccc6ccc43)-c3ccccc3-5)nc3ccccc23)cc1.c1ccc(-c2nc3ccccc3nc2-n2c3cc4oc5ccccc5c4c4c3c3c5c(cccc5ccc32)-c2ccccc2-4)cc1.c1ccc(N(c2ccccc2)c2ccc(-c3ccc(-n4c5cc6oc7ccccc7c6c6c5c5c7c(cccc7ccc54)-c4ccccc4-6)cc3)cc2)cc1. The third-order valence-electron chi connectivity index (χ3n) is 30.9. The molecule has 147 heavy (non-hydrogen) atoms. The molecule has 0 spiro atoms. The maximum Gasteiger partial charge on any atom is 0.235 e. The van der Waals surface area contributed by atoms with Crippen LogP contribution in [0.2, 0.25) is 0 Å². The van der Waals surface area contributed by atoms with E-state index in [0.717, 1.165) is 161 Å². The average molecular weight is 1870 g/mol. The molecule has 0 aliphatic heterocycles. The van der Waals surface area contributed by atoms with Gasteiger partial charge in [-0.3, -0.25) is 9.13 Å². The highest BCUT2D eigenvalue weighted by molar-refractivity contribution is 6.39. The highest BCUT2D eigenvalue weighted by atomic mass is 16.3. The van der Waals surface area contributed by atoms with E-state index in [-0.39, 0.29) is 0 Å². The van der Waals surface area contributed by atoms with Crippen molar-refractivity contribution in [2.75, 3.05) is 4.90 Å². The zero-order valence-corrected chi connectivity index (χ0v) is 78.8. The third-order valence-corrected chi connectivity index (χ3v) is 30.9. The topological polar surface area (TPSA) is 109 Å². The van der Waals surface area contributed by atoms with E-state index in [4.69, 9.17) is 33.2 Å². The Kier molecular flexibility index (Phi) is 17.2. The zero-order chi connectivity index (χ0) is 95.9. The van der Waals surface area contributed by atoms with E-state index in [0.29, 0.717) is 5.95 Å². The predicted octanol–water partition coefficient (Wildman–Crippen LogP) is 36.8. The molecule has 31 aromatic rings. The number of hydrogen-bond donors (Lipinski definition) is 0. The Morgan fingerprint density at radius 2 is 0.524 bits per heavy atom. The Bertz CT molecular complexity index is 11100. The first-order valence-electron chi connectivity index (χ1n) is 50.0. The van der Waals surface area contributed by atoms with Gasteiger partial charge in [0.2, 0.25) is 5.95 Å². The summed E-state index contributed by atoms with van der Waals surface area (Å²) < 4.78 is 27.0. The number of anilines is 3. The molecule has 0 radical (unpaired) electrons. The lowest BCUT2D eigenvalue weighted by atomic mass is 9.91. The summed E-state index contributed by atoms with van der Waals surface area (Å²) in [7, 11) is 0. The molecular formula is C136H78N8O3. The van der Waals surface area contributed by atoms with Crippen molar-refractivity contribution in [3.63, 3.8) is 0 Å². The van der Waals surface area contributed by atoms with Crippen LogP contribution in [0.5, 0.6) is 0 Å². The summed E-state index contributed by atoms with van der Waals surface area (Å²) in [4.78, 5) is 23.5. The van der Waals surface area contributed by atoms with Gasteiger partial charge in [0.15, 0.2) is 5.82 Å². The van der Waals surface area contributed by atoms with E-state index in [9.17, 15) is 0 Å². The van der Waals surface area contributed by atoms with Crippen LogP contribution in [-0.4, -0.2) is 33.6 Å². The van der Waals surface area contributed by atoms with Crippen molar-refractivity contribution in [1.29, 1.82) is 0 Å². The van der Waals surface area contributed by atoms with Crippen LogP contribution in [0.15, 0.2) is 486 Å². The van der Waals surface area contributed by atoms with Crippen molar-refractivity contribution in [3.8, 4) is 118 Å². The summed E-state index contributed by atoms with van der Waals surface area (Å²) in [5.74, 6) is 1.45. The van der Waals surface area contributed by atoms with Gasteiger partial charge in [-0.05, 0) is 197 Å². The number of benzene rings is 23. The summed E-state index contributed by atoms with van der Waals surface area (Å²) in [6.07, 6.45) is 0. The molecule has 34 rings (SSSR count). The van der Waals surface area contributed by atoms with Gasteiger partial charge in [-0.1, -0.05) is 352 Å². The summed E-state index contributed by atoms with van der Waals surface area (Å²) in [5, 5.41) is 22.8. The van der Waals surface area contributed by atoms with E-state index < -0.39 is 0 Å². The minimum absolute atomic E-state index is 0.643. The van der Waals surface area contributed by atoms with Gasteiger partial charge in [-0.2, -0.15) is 0 Å². The molecule has 0 saturated carbocycles. The van der Waals surface area contributed by atoms with E-state index >= 15 is 0 Å². The molecule has 0 amide bonds. The largest absolute Gasteiger partial charge is 0.456 e. The second-order valence-electron chi connectivity index (χ2n) is 38.7. The fourth-order valence-electron chi connectivity index (χ4n) is 24.9. The summed E-state index contributed by atoms with van der Waals surface area (Å²) in [6, 6.07) is 168. The second kappa shape index (κ2) is 31.3. The second-order valence-corrected chi connectivity index (χ2v) is 38.7. The van der Waals surface area contributed by atoms with E-state index in [1.807, 2.05) is 54.6 Å². The Hall–Kier alpha value is -19.9. The molecule has 8 heterocycles. The Labute approximate surface area is 839 Å². The number of nitrogens with zero attached hydrogens (tertiary/aromatic N) is 8. The summed E-state index contributed by atoms with van der Waals surface area (Å²) in [6.45, 7) is 0. The molecule has 0 fully saturated rings. The first-order chi connectivity index (χ1) is 73.0. The van der Waals surface area contributed by atoms with Crippen LogP contribution in [0.3, 0.4) is 0 Å². The molecule has 680 valence electrons. The monoisotopic (exact) mass is 1870 g/mol. The molecule has 0 atom stereocenters. The highest BCUT2D eigenvalue weighted by Gasteiger charge is 2.36. The Morgan fingerprint density at radius 1 is 0.184 bits per heavy atom. The normalized spacial score (nSPS) is 12.2. The van der Waals surface area contributed by atoms with Gasteiger partial charge in [0, 0.05) is 139 Å². The lowest BCUT2D eigenvalue weighted by Gasteiger charge is -2.25. The third kappa shape index (κ3) is 11.8. The fraction of sp³-hybridized carbons (Fsp3) is 0. The zero-order valence-electron chi connectivity index (χ0n) is 78.8. The summed E-state index contributed by atoms with van der Waals surface area (Å²) in [5.41, 5.74) is 40.0. The standard InChI is InChI=1S/C52H32N2O.2C42H23N3O/c1-3-13-36(14-4-1)53(37-15-5-2-6-16-37)38-27-22-33(23-28-38)34-24-29-39(30-25-34)54-44-31-26-35-12-11-20-41-40-17-7-8-18-42(40)50-49-43-19-9-10-21-46(43)55-47(49)32-45(54)52(50)51(44)48(35)41;1-2-11-25(12-3-1)41-42(44-31-19-8-7-18-30(31)43-41)45-32-22-21-24-13-10-17-27-26-14-4-5-15-28(26)38-37-29-16-6-9-20-34(29)46-35(37)23-33(45)40(38)39(32)36(24)27;1-2-11-25(12-3-1)41-29-16-6-8-19-31(29)43-42(44-41)45-32-22-21-24-13-10-18-27-26-14-4-5-15-28(26)38-37-30-17-7-9-20-34(30)46-35(37)23-33(45)40(38)39(32)36(24)27/h1-32H;2*1-23H. The first kappa shape index (κ1) is 80.9. The smallest absolute Gasteiger partial charge is 0.235 e. The van der Waals surface area contributed by atoms with E-state index in [1.165, 1.54) is 153 Å². The van der Waals surface area contributed by atoms with Crippen molar-refractivity contribution < 1.29 is 13.3 Å². The van der Waals surface area contributed by atoms with Gasteiger partial charge < -0.3 is 22.7 Å². The maximum atomic E-state index is 6.67. The van der Waals surface area contributed by atoms with Crippen molar-refractivity contribution in [1.82, 2.24) is 33.6 Å². The van der Waals surface area contributed by atoms with Gasteiger partial charge in [0.05, 0.1) is 55.3 Å². The van der Waals surface area contributed by atoms with Crippen LogP contribution >= 0.6 is 0 Å². The van der Waals surface area contributed by atoms with Crippen molar-refractivity contribution in [2.24, 2.45) is 0 Å². The minimum atomic E-state index is 0.643. The molecule has 0 N–H and O–H groups in total. The number of hydrogen-bond acceptors (Lipinski definition) is 8. The molecule has 11 nitrogen and oxygen atoms in total. The molecule has 3 aliphatic rings. The Morgan fingerprint density at radius 3 is 0.980 bits per heavy atom. The number of rotatable bonds is 9. The van der Waals surface area contributed by atoms with Gasteiger partial charge >= 0.3 is 0 Å². The first-order valence-corrected chi connectivity index (χ1v) is 50.0. The lowest BCUT2D eigenvalue weighted by Crippen LogP contribution is -2.09. The van der Waals surface area contributed by atoms with Gasteiger partial charge in [0.25, 0.3) is 0 Å². The number of fused-ring (bicyclic) bond motifs is 23. The molecule has 8 aromatic heterocycles. The lowest BCUT2D eigenvalue weighted by molar-refractivity contribution is 0.669. The van der Waals surface area contributed by atoms with Crippen molar-refractivity contribution >= 4 is 203 Å². The highest BCUT2D eigenvalue weighted by Crippen LogP contribution is 2.59. The minimum Gasteiger partial charge on any atom is -0.456 e. The quantitative estimate of drug-likeness (QED) is 0.141. The van der Waals surface area contributed by atoms with Crippen LogP contribution in [0, 0.1) is 0 Å². The van der Waals surface area contributed by atoms with E-state index in [1.54, 1.807) is 0 Å². The van der Waals surface area contributed by atoms with Gasteiger partial charge in [-0.25, -0.2) is 19.9 Å². The van der Waals surface area contributed by atoms with Crippen LogP contribution in [0.25, 0.3) is 303 Å². The molecule has 3 aliphatic carbocycles. The van der Waals surface area contributed by atoms with Crippen LogP contribution < -0.4 is 4.90 Å². The molecule has 23 aromatic carbocycles. The van der Waals surface area contributed by atoms with Crippen LogP contribution in [0.1, 0.15) is 0 Å². The van der Waals surface area contributed by atoms with Crippen molar-refractivity contribution in [2.45, 2.75) is 0 Å². The number of para-hydroxylation sites is 8. The molecule has 0 bridgehead atoms. The van der Waals surface area contributed by atoms with Crippen LogP contribution in [0.4, 0.5) is 17.1 Å². The van der Waals surface area contributed by atoms with Gasteiger partial charge in [-0.15, -0.1) is 0 Å². The summed E-state index contributed by atoms with van der Waals surface area (Å²) >= 11 is 0. The molecular weight excluding hydrogens is 1790 g/mol. The van der Waals surface area contributed by atoms with Crippen LogP contribution in [-0.2, 0) is 0 Å². The van der Waals surface area contributed by atoms with E-state index in [2.05, 4.69) is 437 Å². The molecule has 0 unspecified atom stereocenters. The number of furan rings is 3. The maximum absolute atomic E-state index is 6.67. The average Bonchev–Trinajstić information content (AvgIpc) is 1.53. The molecule has 11 heteroatoms. The molecule has 0 saturated heterocycles. The Balaban J connectivity index is 0.0000000985.